The molecule has 1 aliphatic rings. The average Bonchev–Trinajstić information content (AvgIpc) is 2.81. The van der Waals surface area contributed by atoms with E-state index in [1.807, 2.05) is 4.90 Å². The van der Waals surface area contributed by atoms with Gasteiger partial charge in [-0.3, -0.25) is 14.4 Å². The molecule has 1 aliphatic heterocycles. The van der Waals surface area contributed by atoms with E-state index in [1.165, 1.54) is 18.9 Å². The molecule has 0 fully saturated rings. The van der Waals surface area contributed by atoms with Crippen molar-refractivity contribution in [3.05, 3.63) is 23.8 Å². The van der Waals surface area contributed by atoms with Crippen molar-refractivity contribution in [3.8, 4) is 11.5 Å². The van der Waals surface area contributed by atoms with Crippen molar-refractivity contribution in [1.29, 1.82) is 0 Å². The monoisotopic (exact) mass is 459 g/mol. The SMILES string of the molecule is CCCCC(CC)CN(CC(CC)CCCC)C(=O)COc1ccc2c(c1)OC(=O)CC2=O. The summed E-state index contributed by atoms with van der Waals surface area (Å²) in [5, 5.41) is 0. The van der Waals surface area contributed by atoms with Crippen molar-refractivity contribution >= 4 is 17.7 Å². The number of ether oxygens (including phenoxy) is 2. The van der Waals surface area contributed by atoms with Crippen molar-refractivity contribution < 1.29 is 23.9 Å². The number of rotatable bonds is 15. The Bertz CT molecular complexity index is 773. The molecular formula is C27H41NO5. The Balaban J connectivity index is 2.07. The first-order valence-corrected chi connectivity index (χ1v) is 12.7. The molecule has 0 aliphatic carbocycles. The molecule has 0 saturated carbocycles. The van der Waals surface area contributed by atoms with E-state index in [1.54, 1.807) is 12.1 Å². The van der Waals surface area contributed by atoms with Crippen LogP contribution < -0.4 is 9.47 Å². The molecule has 1 heterocycles. The summed E-state index contributed by atoms with van der Waals surface area (Å²) in [4.78, 5) is 38.8. The molecule has 6 nitrogen and oxygen atoms in total. The van der Waals surface area contributed by atoms with Crippen LogP contribution in [0.5, 0.6) is 11.5 Å². The molecule has 0 spiro atoms. The smallest absolute Gasteiger partial charge is 0.319 e. The van der Waals surface area contributed by atoms with E-state index < -0.39 is 5.97 Å². The van der Waals surface area contributed by atoms with Crippen molar-refractivity contribution in [2.75, 3.05) is 19.7 Å². The van der Waals surface area contributed by atoms with Crippen LogP contribution in [0, 0.1) is 11.8 Å². The number of hydrogen-bond acceptors (Lipinski definition) is 5. The maximum Gasteiger partial charge on any atom is 0.319 e. The van der Waals surface area contributed by atoms with Gasteiger partial charge < -0.3 is 14.4 Å². The fourth-order valence-corrected chi connectivity index (χ4v) is 4.26. The third-order valence-electron chi connectivity index (χ3n) is 6.54. The number of carbonyl (C=O) groups is 3. The molecule has 0 bridgehead atoms. The van der Waals surface area contributed by atoms with E-state index in [-0.39, 0.29) is 30.5 Å². The maximum atomic E-state index is 13.2. The number of unbranched alkanes of at least 4 members (excludes halogenated alkanes) is 2. The number of nitrogens with zero attached hydrogens (tertiary/aromatic N) is 1. The molecule has 0 radical (unpaired) electrons. The predicted molar refractivity (Wildman–Crippen MR) is 130 cm³/mol. The summed E-state index contributed by atoms with van der Waals surface area (Å²) in [5.41, 5.74) is 0.373. The predicted octanol–water partition coefficient (Wildman–Crippen LogP) is 5.82. The van der Waals surface area contributed by atoms with Gasteiger partial charge in [0, 0.05) is 19.2 Å². The zero-order valence-corrected chi connectivity index (χ0v) is 20.9. The van der Waals surface area contributed by atoms with Crippen LogP contribution in [-0.4, -0.2) is 42.3 Å². The zero-order chi connectivity index (χ0) is 24.2. The lowest BCUT2D eigenvalue weighted by molar-refractivity contribution is -0.135. The molecule has 0 aromatic heterocycles. The Kier molecular flexibility index (Phi) is 11.4. The minimum Gasteiger partial charge on any atom is -0.484 e. The second-order valence-electron chi connectivity index (χ2n) is 9.15. The van der Waals surface area contributed by atoms with Gasteiger partial charge in [0.2, 0.25) is 0 Å². The molecule has 0 saturated heterocycles. The highest BCUT2D eigenvalue weighted by molar-refractivity contribution is 6.11. The highest BCUT2D eigenvalue weighted by atomic mass is 16.5. The fraction of sp³-hybridized carbons (Fsp3) is 0.667. The molecular weight excluding hydrogens is 418 g/mol. The van der Waals surface area contributed by atoms with Gasteiger partial charge in [0.1, 0.15) is 17.9 Å². The minimum absolute atomic E-state index is 0.0225. The fourth-order valence-electron chi connectivity index (χ4n) is 4.26. The average molecular weight is 460 g/mol. The number of ketones is 1. The quantitative estimate of drug-likeness (QED) is 0.188. The van der Waals surface area contributed by atoms with Crippen molar-refractivity contribution in [2.24, 2.45) is 11.8 Å². The molecule has 0 N–H and O–H groups in total. The van der Waals surface area contributed by atoms with Gasteiger partial charge in [-0.25, -0.2) is 0 Å². The lowest BCUT2D eigenvalue weighted by Crippen LogP contribution is -2.41. The summed E-state index contributed by atoms with van der Waals surface area (Å²) < 4.78 is 11.0. The van der Waals surface area contributed by atoms with Crippen LogP contribution >= 0.6 is 0 Å². The van der Waals surface area contributed by atoms with Gasteiger partial charge in [-0.1, -0.05) is 66.2 Å². The van der Waals surface area contributed by atoms with Gasteiger partial charge in [0.05, 0.1) is 5.56 Å². The summed E-state index contributed by atoms with van der Waals surface area (Å²) in [5.74, 6) is 0.756. The second-order valence-corrected chi connectivity index (χ2v) is 9.15. The van der Waals surface area contributed by atoms with E-state index >= 15 is 0 Å². The lowest BCUT2D eigenvalue weighted by Gasteiger charge is -2.31. The first-order chi connectivity index (χ1) is 15.9. The van der Waals surface area contributed by atoms with Gasteiger partial charge in [-0.2, -0.15) is 0 Å². The summed E-state index contributed by atoms with van der Waals surface area (Å²) in [7, 11) is 0. The molecule has 33 heavy (non-hydrogen) atoms. The number of carbonyl (C=O) groups excluding carboxylic acids is 3. The zero-order valence-electron chi connectivity index (χ0n) is 20.9. The number of hydrogen-bond donors (Lipinski definition) is 0. The normalized spacial score (nSPS) is 14.9. The number of esters is 1. The van der Waals surface area contributed by atoms with E-state index in [2.05, 4.69) is 27.7 Å². The number of benzene rings is 1. The standard InChI is InChI=1S/C27H41NO5/c1-5-9-11-20(7-3)17-28(18-21(8-4)12-10-6-2)26(30)19-32-22-13-14-23-24(29)16-27(31)33-25(23)15-22/h13-15,20-21H,5-12,16-19H2,1-4H3. The highest BCUT2D eigenvalue weighted by Crippen LogP contribution is 2.29. The van der Waals surface area contributed by atoms with E-state index in [0.717, 1.165) is 51.6 Å². The third kappa shape index (κ3) is 8.49. The molecule has 2 unspecified atom stereocenters. The first kappa shape index (κ1) is 26.9. The van der Waals surface area contributed by atoms with Gasteiger partial charge in [0.25, 0.3) is 5.91 Å². The summed E-state index contributed by atoms with van der Waals surface area (Å²) >= 11 is 0. The molecule has 2 rings (SSSR count). The number of fused-ring (bicyclic) bond motifs is 1. The van der Waals surface area contributed by atoms with Crippen molar-refractivity contribution in [1.82, 2.24) is 4.90 Å². The van der Waals surface area contributed by atoms with Gasteiger partial charge >= 0.3 is 5.97 Å². The Morgan fingerprint density at radius 1 is 1.00 bits per heavy atom. The maximum absolute atomic E-state index is 13.2. The molecule has 1 aromatic rings. The number of amides is 1. The van der Waals surface area contributed by atoms with Crippen molar-refractivity contribution in [3.63, 3.8) is 0 Å². The Labute approximate surface area is 199 Å². The highest BCUT2D eigenvalue weighted by Gasteiger charge is 2.26. The molecule has 1 aromatic carbocycles. The van der Waals surface area contributed by atoms with Gasteiger partial charge in [-0.15, -0.1) is 0 Å². The Morgan fingerprint density at radius 2 is 1.61 bits per heavy atom. The van der Waals surface area contributed by atoms with Crippen LogP contribution in [0.1, 0.15) is 95.8 Å². The Hall–Kier alpha value is -2.37. The van der Waals surface area contributed by atoms with E-state index in [9.17, 15) is 14.4 Å². The largest absolute Gasteiger partial charge is 0.484 e. The summed E-state index contributed by atoms with van der Waals surface area (Å²) in [6.07, 6.45) is 8.81. The first-order valence-electron chi connectivity index (χ1n) is 12.7. The van der Waals surface area contributed by atoms with Crippen molar-refractivity contribution in [2.45, 2.75) is 85.5 Å². The van der Waals surface area contributed by atoms with Crippen LogP contribution in [0.2, 0.25) is 0 Å². The lowest BCUT2D eigenvalue weighted by atomic mass is 9.95. The van der Waals surface area contributed by atoms with E-state index in [4.69, 9.17) is 9.47 Å². The van der Waals surface area contributed by atoms with Gasteiger partial charge in [0.15, 0.2) is 12.4 Å². The second kappa shape index (κ2) is 14.0. The topological polar surface area (TPSA) is 72.9 Å². The summed E-state index contributed by atoms with van der Waals surface area (Å²) in [6, 6.07) is 4.77. The minimum atomic E-state index is -0.567. The molecule has 2 atom stereocenters. The molecule has 6 heteroatoms. The van der Waals surface area contributed by atoms with E-state index in [0.29, 0.717) is 23.1 Å². The van der Waals surface area contributed by atoms with Crippen LogP contribution in [-0.2, 0) is 9.59 Å². The molecule has 184 valence electrons. The summed E-state index contributed by atoms with van der Waals surface area (Å²) in [6.45, 7) is 10.2. The number of Topliss-reactive ketones (excluding diaryl/α,β-unsaturated/α-hetero) is 1. The van der Waals surface area contributed by atoms with Gasteiger partial charge in [-0.05, 0) is 36.8 Å². The third-order valence-corrected chi connectivity index (χ3v) is 6.54. The van der Waals surface area contributed by atoms with Crippen LogP contribution in [0.25, 0.3) is 0 Å². The van der Waals surface area contributed by atoms with Crippen LogP contribution in [0.4, 0.5) is 0 Å². The van der Waals surface area contributed by atoms with Crippen LogP contribution in [0.15, 0.2) is 18.2 Å². The Morgan fingerprint density at radius 3 is 2.15 bits per heavy atom. The van der Waals surface area contributed by atoms with Crippen LogP contribution in [0.3, 0.4) is 0 Å². The molecule has 1 amide bonds.